The average Bonchev–Trinajstić information content (AvgIpc) is 3.63. The summed E-state index contributed by atoms with van der Waals surface area (Å²) in [7, 11) is 0. The van der Waals surface area contributed by atoms with E-state index in [1.165, 1.54) is 19.1 Å². The van der Waals surface area contributed by atoms with Crippen LogP contribution >= 0.6 is 0 Å². The molecular weight excluding hydrogens is 519 g/mol. The largest absolute Gasteiger partial charge is 0.467 e. The van der Waals surface area contributed by atoms with Crippen LogP contribution in [-0.4, -0.2) is 55.9 Å². The number of aliphatic hydroxyl groups excluding tert-OH is 1. The van der Waals surface area contributed by atoms with Crippen LogP contribution in [0, 0.1) is 16.6 Å². The average molecular weight is 549 g/mol. The van der Waals surface area contributed by atoms with E-state index in [0.29, 0.717) is 41.0 Å². The van der Waals surface area contributed by atoms with E-state index in [9.17, 15) is 14.3 Å². The maximum Gasteiger partial charge on any atom is 0.223 e. The third-order valence-corrected chi connectivity index (χ3v) is 6.40. The molecular formula is C28H29FN6O5. The number of anilines is 1. The highest BCUT2D eigenvalue weighted by Crippen LogP contribution is 2.36. The lowest BCUT2D eigenvalue weighted by atomic mass is 9.83. The Labute approximate surface area is 229 Å². The normalized spacial score (nSPS) is 19.8. The maximum absolute atomic E-state index is 13.7. The Morgan fingerprint density at radius 3 is 2.65 bits per heavy atom. The summed E-state index contributed by atoms with van der Waals surface area (Å²) in [6.45, 7) is 3.57. The van der Waals surface area contributed by atoms with Crippen molar-refractivity contribution in [2.75, 3.05) is 18.5 Å². The number of ether oxygens (including phenoxy) is 2. The van der Waals surface area contributed by atoms with E-state index >= 15 is 0 Å². The van der Waals surface area contributed by atoms with Gasteiger partial charge in [0.1, 0.15) is 11.6 Å². The van der Waals surface area contributed by atoms with Crippen molar-refractivity contribution in [3.05, 3.63) is 72.3 Å². The quantitative estimate of drug-likeness (QED) is 0.212. The summed E-state index contributed by atoms with van der Waals surface area (Å²) in [5.74, 6) is 0.620. The fourth-order valence-corrected chi connectivity index (χ4v) is 4.32. The second-order valence-electron chi connectivity index (χ2n) is 9.93. The number of aromatic nitrogens is 4. The van der Waals surface area contributed by atoms with E-state index in [0.717, 1.165) is 5.76 Å². The lowest BCUT2D eigenvalue weighted by Crippen LogP contribution is -2.46. The molecule has 1 saturated heterocycles. The maximum atomic E-state index is 13.7. The highest BCUT2D eigenvalue weighted by molar-refractivity contribution is 6.40. The molecule has 1 unspecified atom stereocenters. The third kappa shape index (κ3) is 5.98. The first-order valence-electron chi connectivity index (χ1n) is 12.7. The minimum Gasteiger partial charge on any atom is -0.467 e. The van der Waals surface area contributed by atoms with Crippen molar-refractivity contribution in [3.63, 3.8) is 0 Å². The van der Waals surface area contributed by atoms with Gasteiger partial charge >= 0.3 is 0 Å². The number of rotatable bonds is 10. The van der Waals surface area contributed by atoms with Crippen LogP contribution in [0.25, 0.3) is 22.6 Å². The molecule has 11 nitrogen and oxygen atoms in total. The molecule has 12 heteroatoms. The number of nitrogens with zero attached hydrogens (tertiary/aromatic N) is 3. The van der Waals surface area contributed by atoms with Crippen LogP contribution in [0.2, 0.25) is 0 Å². The molecule has 208 valence electrons. The molecule has 0 radical (unpaired) electrons. The number of furan rings is 1. The first-order valence-corrected chi connectivity index (χ1v) is 12.7. The number of hydrogen-bond donors (Lipinski definition) is 4. The Bertz CT molecular complexity index is 1480. The summed E-state index contributed by atoms with van der Waals surface area (Å²) in [6.07, 6.45) is 1.43. The first-order chi connectivity index (χ1) is 19.2. The fourth-order valence-electron chi connectivity index (χ4n) is 4.32. The lowest BCUT2D eigenvalue weighted by Gasteiger charge is -2.35. The summed E-state index contributed by atoms with van der Waals surface area (Å²) < 4.78 is 30.8. The minimum atomic E-state index is -1.07. The molecule has 1 atom stereocenters. The summed E-state index contributed by atoms with van der Waals surface area (Å²) in [5, 5.41) is 20.7. The second kappa shape index (κ2) is 11.5. The van der Waals surface area contributed by atoms with Crippen molar-refractivity contribution >= 4 is 17.4 Å². The zero-order valence-corrected chi connectivity index (χ0v) is 22.0. The van der Waals surface area contributed by atoms with Crippen LogP contribution < -0.4 is 5.32 Å². The predicted molar refractivity (Wildman–Crippen MR) is 143 cm³/mol. The van der Waals surface area contributed by atoms with Gasteiger partial charge in [0, 0.05) is 18.2 Å². The van der Waals surface area contributed by atoms with Gasteiger partial charge in [-0.05, 0) is 56.3 Å². The number of aliphatic hydroxyl groups is 1. The number of imidazole rings is 1. The number of H-pyrrole nitrogens is 1. The molecule has 0 aliphatic carbocycles. The van der Waals surface area contributed by atoms with Crippen molar-refractivity contribution in [3.8, 4) is 22.6 Å². The van der Waals surface area contributed by atoms with Gasteiger partial charge in [0.25, 0.3) is 0 Å². The molecule has 4 N–H and O–H groups in total. The summed E-state index contributed by atoms with van der Waals surface area (Å²) >= 11 is 0. The topological polar surface area (TPSA) is 159 Å². The summed E-state index contributed by atoms with van der Waals surface area (Å²) in [5.41, 5.74) is 0.963. The molecule has 0 amide bonds. The first kappa shape index (κ1) is 27.3. The fraction of sp³-hybridized carbons (Fsp3) is 0.321. The number of ketones is 1. The van der Waals surface area contributed by atoms with Gasteiger partial charge in [-0.1, -0.05) is 0 Å². The minimum absolute atomic E-state index is 0.00500. The Kier molecular flexibility index (Phi) is 7.83. The van der Waals surface area contributed by atoms with Gasteiger partial charge in [-0.2, -0.15) is 0 Å². The lowest BCUT2D eigenvalue weighted by molar-refractivity contribution is -0.228. The molecule has 4 aromatic rings. The molecule has 1 aliphatic rings. The standard InChI is InChI=1S/C28H29FN6O5/c1-16(36)12-20(30)24(37)28(2)14-39-26(40-15-28)25-34-22(17-5-7-18(29)8-6-17)23(35-25)21-9-10-31-27(33-21)32-13-19-4-3-11-38-19/h3-11,16,26,30,36H,12-15H2,1-2H3,(H,34,35)(H,31,32,33). The highest BCUT2D eigenvalue weighted by Gasteiger charge is 2.42. The molecule has 3 aromatic heterocycles. The van der Waals surface area contributed by atoms with E-state index in [2.05, 4.69) is 20.3 Å². The molecule has 4 heterocycles. The van der Waals surface area contributed by atoms with Crippen molar-refractivity contribution in [1.82, 2.24) is 19.9 Å². The number of nitrogens with one attached hydrogen (secondary N) is 3. The number of aromatic amines is 1. The molecule has 0 bridgehead atoms. The molecule has 40 heavy (non-hydrogen) atoms. The number of halogens is 1. The van der Waals surface area contributed by atoms with Crippen LogP contribution in [0.4, 0.5) is 10.3 Å². The van der Waals surface area contributed by atoms with Crippen LogP contribution in [-0.2, 0) is 20.8 Å². The Balaban J connectivity index is 1.40. The number of Topliss-reactive ketones (excluding diaryl/α,β-unsaturated/α-hetero) is 1. The van der Waals surface area contributed by atoms with Gasteiger partial charge in [0.05, 0.1) is 60.3 Å². The van der Waals surface area contributed by atoms with Crippen molar-refractivity contribution in [2.24, 2.45) is 5.41 Å². The molecule has 1 aromatic carbocycles. The van der Waals surface area contributed by atoms with Gasteiger partial charge in [0.2, 0.25) is 12.2 Å². The van der Waals surface area contributed by atoms with E-state index in [-0.39, 0.29) is 31.2 Å². The van der Waals surface area contributed by atoms with Crippen LogP contribution in [0.3, 0.4) is 0 Å². The third-order valence-electron chi connectivity index (χ3n) is 6.40. The van der Waals surface area contributed by atoms with E-state index in [1.807, 2.05) is 6.07 Å². The number of carbonyl (C=O) groups is 1. The highest BCUT2D eigenvalue weighted by atomic mass is 19.1. The summed E-state index contributed by atoms with van der Waals surface area (Å²) in [4.78, 5) is 29.7. The van der Waals surface area contributed by atoms with Crippen LogP contribution in [0.15, 0.2) is 59.3 Å². The van der Waals surface area contributed by atoms with Crippen LogP contribution in [0.1, 0.15) is 38.1 Å². The zero-order valence-electron chi connectivity index (χ0n) is 22.0. The van der Waals surface area contributed by atoms with Gasteiger partial charge < -0.3 is 34.7 Å². The van der Waals surface area contributed by atoms with E-state index < -0.39 is 23.6 Å². The number of carbonyl (C=O) groups excluding carboxylic acids is 1. The van der Waals surface area contributed by atoms with Gasteiger partial charge in [-0.25, -0.2) is 19.3 Å². The molecule has 0 saturated carbocycles. The zero-order chi connectivity index (χ0) is 28.3. The monoisotopic (exact) mass is 548 g/mol. The molecule has 1 fully saturated rings. The Hall–Kier alpha value is -4.26. The molecule has 0 spiro atoms. The molecule has 1 aliphatic heterocycles. The van der Waals surface area contributed by atoms with Gasteiger partial charge in [0.15, 0.2) is 11.6 Å². The Morgan fingerprint density at radius 2 is 1.98 bits per heavy atom. The molecule has 5 rings (SSSR count). The van der Waals surface area contributed by atoms with E-state index in [1.54, 1.807) is 43.6 Å². The van der Waals surface area contributed by atoms with Gasteiger partial charge in [-0.3, -0.25) is 4.79 Å². The number of benzene rings is 1. The Morgan fingerprint density at radius 1 is 1.23 bits per heavy atom. The van der Waals surface area contributed by atoms with Crippen molar-refractivity contribution in [2.45, 2.75) is 39.2 Å². The SMILES string of the molecule is CC(O)CC(=N)C(=O)C1(C)COC(c2nc(-c3ccc(F)cc3)c(-c3ccnc(NCc4ccco4)n3)[nH]2)OC1. The van der Waals surface area contributed by atoms with Crippen molar-refractivity contribution in [1.29, 1.82) is 5.41 Å². The van der Waals surface area contributed by atoms with Crippen molar-refractivity contribution < 1.29 is 28.2 Å². The smallest absolute Gasteiger partial charge is 0.223 e. The number of hydrogen-bond acceptors (Lipinski definition) is 10. The second-order valence-corrected chi connectivity index (χ2v) is 9.93. The van der Waals surface area contributed by atoms with Crippen LogP contribution in [0.5, 0.6) is 0 Å². The predicted octanol–water partition coefficient (Wildman–Crippen LogP) is 4.29. The van der Waals surface area contributed by atoms with Gasteiger partial charge in [-0.15, -0.1) is 0 Å². The summed E-state index contributed by atoms with van der Waals surface area (Å²) in [6, 6.07) is 11.3. The van der Waals surface area contributed by atoms with E-state index in [4.69, 9.17) is 24.3 Å².